The number of thiocarbonyl (C=S) groups is 1. The maximum absolute atomic E-state index is 10.2. The molecule has 0 heterocycles. The van der Waals surface area contributed by atoms with Crippen molar-refractivity contribution < 1.29 is 9.90 Å². The number of carboxylic acids is 1. The average Bonchev–Trinajstić information content (AvgIpc) is 1.82. The smallest absolute Gasteiger partial charge is 0.307 e. The molecule has 1 unspecified atom stereocenters. The number of hydrogen-bond acceptors (Lipinski definition) is 3. The maximum atomic E-state index is 10.2. The number of rotatable bonds is 3. The molecule has 0 aliphatic carbocycles. The molecule has 0 fully saturated rings. The van der Waals surface area contributed by atoms with Gasteiger partial charge in [0.05, 0.1) is 5.92 Å². The van der Waals surface area contributed by atoms with Crippen LogP contribution < -0.4 is 5.73 Å². The lowest BCUT2D eigenvalue weighted by molar-refractivity contribution is -0.140. The molecule has 1 atom stereocenters. The zero-order valence-corrected chi connectivity index (χ0v) is 7.17. The number of carbonyl (C=O) groups is 1. The molecule has 0 amide bonds. The van der Waals surface area contributed by atoms with Crippen LogP contribution in [0.2, 0.25) is 0 Å². The Hall–Kier alpha value is -0.290. The molecule has 0 aromatic heterocycles. The largest absolute Gasteiger partial charge is 0.481 e. The van der Waals surface area contributed by atoms with Crippen LogP contribution in [-0.4, -0.2) is 21.1 Å². The summed E-state index contributed by atoms with van der Waals surface area (Å²) < 4.78 is 0.299. The van der Waals surface area contributed by atoms with E-state index in [0.29, 0.717) is 10.1 Å². The zero-order chi connectivity index (χ0) is 8.15. The minimum Gasteiger partial charge on any atom is -0.481 e. The van der Waals surface area contributed by atoms with E-state index in [1.165, 1.54) is 11.8 Å². The van der Waals surface area contributed by atoms with Crippen molar-refractivity contribution in [2.45, 2.75) is 6.92 Å². The van der Waals surface area contributed by atoms with E-state index < -0.39 is 5.97 Å². The van der Waals surface area contributed by atoms with Crippen LogP contribution in [0, 0.1) is 5.92 Å². The van der Waals surface area contributed by atoms with E-state index in [9.17, 15) is 4.79 Å². The lowest BCUT2D eigenvalue weighted by Crippen LogP contribution is -2.14. The Labute approximate surface area is 69.0 Å². The molecule has 3 N–H and O–H groups in total. The van der Waals surface area contributed by atoms with Gasteiger partial charge in [-0.2, -0.15) is 0 Å². The van der Waals surface area contributed by atoms with Crippen LogP contribution >= 0.6 is 24.0 Å². The summed E-state index contributed by atoms with van der Waals surface area (Å²) in [6.07, 6.45) is 0. The lowest BCUT2D eigenvalue weighted by atomic mass is 10.2. The minimum absolute atomic E-state index is 0.299. The molecule has 0 saturated heterocycles. The van der Waals surface area contributed by atoms with Gasteiger partial charge in [-0.25, -0.2) is 0 Å². The van der Waals surface area contributed by atoms with E-state index in [1.54, 1.807) is 6.92 Å². The fourth-order valence-corrected chi connectivity index (χ4v) is 1.04. The van der Waals surface area contributed by atoms with Crippen molar-refractivity contribution in [3.63, 3.8) is 0 Å². The first-order valence-electron chi connectivity index (χ1n) is 2.69. The lowest BCUT2D eigenvalue weighted by Gasteiger charge is -2.02. The van der Waals surface area contributed by atoms with Gasteiger partial charge < -0.3 is 10.8 Å². The van der Waals surface area contributed by atoms with E-state index in [0.717, 1.165) is 0 Å². The molecular formula is C5H9NO2S2. The summed E-state index contributed by atoms with van der Waals surface area (Å²) in [6.45, 7) is 1.62. The predicted octanol–water partition coefficient (Wildman–Crippen LogP) is 0.684. The standard InChI is InChI=1S/C5H9NO2S2/c1-3(4(7)8)2-10-5(6)9/h3H,2H2,1H3,(H2,6,9)(H,7,8). The first-order valence-corrected chi connectivity index (χ1v) is 4.08. The SMILES string of the molecule is CC(CSC(N)=S)C(=O)O. The van der Waals surface area contributed by atoms with E-state index in [-0.39, 0.29) is 5.92 Å². The summed E-state index contributed by atoms with van der Waals surface area (Å²) in [5.41, 5.74) is 5.14. The van der Waals surface area contributed by atoms with Crippen molar-refractivity contribution in [2.75, 3.05) is 5.75 Å². The first kappa shape index (κ1) is 9.71. The van der Waals surface area contributed by atoms with Gasteiger partial charge in [0, 0.05) is 5.75 Å². The highest BCUT2D eigenvalue weighted by atomic mass is 32.2. The fraction of sp³-hybridized carbons (Fsp3) is 0.600. The van der Waals surface area contributed by atoms with Crippen molar-refractivity contribution in [3.05, 3.63) is 0 Å². The Bertz CT molecular complexity index is 149. The normalized spacial score (nSPS) is 12.5. The van der Waals surface area contributed by atoms with Crippen LogP contribution in [0.5, 0.6) is 0 Å². The Balaban J connectivity index is 3.49. The minimum atomic E-state index is -0.816. The van der Waals surface area contributed by atoms with Crippen LogP contribution in [0.3, 0.4) is 0 Å². The summed E-state index contributed by atoms with van der Waals surface area (Å²) in [5, 5.41) is 8.40. The molecule has 0 aliphatic heterocycles. The zero-order valence-electron chi connectivity index (χ0n) is 5.53. The van der Waals surface area contributed by atoms with E-state index in [4.69, 9.17) is 10.8 Å². The number of hydrogen-bond donors (Lipinski definition) is 2. The summed E-state index contributed by atoms with van der Waals surface area (Å²) in [7, 11) is 0. The topological polar surface area (TPSA) is 63.3 Å². The van der Waals surface area contributed by atoms with Crippen LogP contribution in [0.1, 0.15) is 6.92 Å². The van der Waals surface area contributed by atoms with Gasteiger partial charge in [-0.15, -0.1) is 0 Å². The molecule has 0 bridgehead atoms. The highest BCUT2D eigenvalue weighted by Gasteiger charge is 2.10. The van der Waals surface area contributed by atoms with E-state index in [1.807, 2.05) is 0 Å². The molecule has 58 valence electrons. The Morgan fingerprint density at radius 3 is 2.70 bits per heavy atom. The van der Waals surface area contributed by atoms with Crippen molar-refractivity contribution >= 4 is 34.3 Å². The number of nitrogens with two attached hydrogens (primary N) is 1. The Morgan fingerprint density at radius 2 is 2.40 bits per heavy atom. The van der Waals surface area contributed by atoms with E-state index in [2.05, 4.69) is 12.2 Å². The van der Waals surface area contributed by atoms with Crippen LogP contribution in [0.25, 0.3) is 0 Å². The molecule has 5 heteroatoms. The van der Waals surface area contributed by atoms with Gasteiger partial charge >= 0.3 is 5.97 Å². The van der Waals surface area contributed by atoms with E-state index >= 15 is 0 Å². The maximum Gasteiger partial charge on any atom is 0.307 e. The van der Waals surface area contributed by atoms with Gasteiger partial charge in [-0.05, 0) is 0 Å². The van der Waals surface area contributed by atoms with Gasteiger partial charge in [0.25, 0.3) is 0 Å². The molecule has 0 aromatic carbocycles. The molecule has 0 saturated carbocycles. The highest BCUT2D eigenvalue weighted by Crippen LogP contribution is 2.07. The predicted molar refractivity (Wildman–Crippen MR) is 46.0 cm³/mol. The molecule has 10 heavy (non-hydrogen) atoms. The third-order valence-corrected chi connectivity index (χ3v) is 2.20. The van der Waals surface area contributed by atoms with Gasteiger partial charge in [-0.3, -0.25) is 4.79 Å². The van der Waals surface area contributed by atoms with Crippen LogP contribution in [0.15, 0.2) is 0 Å². The van der Waals surface area contributed by atoms with Crippen LogP contribution in [-0.2, 0) is 4.79 Å². The second kappa shape index (κ2) is 4.51. The number of carboxylic acid groups (broad SMARTS) is 1. The van der Waals surface area contributed by atoms with Crippen molar-refractivity contribution in [3.8, 4) is 0 Å². The summed E-state index contributed by atoms with van der Waals surface area (Å²) >= 11 is 5.74. The Kier molecular flexibility index (Phi) is 4.38. The van der Waals surface area contributed by atoms with Crippen molar-refractivity contribution in [1.82, 2.24) is 0 Å². The Morgan fingerprint density at radius 1 is 1.90 bits per heavy atom. The first-order chi connectivity index (χ1) is 4.54. The molecule has 0 rings (SSSR count). The molecule has 0 spiro atoms. The van der Waals surface area contributed by atoms with Crippen LogP contribution in [0.4, 0.5) is 0 Å². The molecule has 0 aliphatic rings. The molecular weight excluding hydrogens is 170 g/mol. The van der Waals surface area contributed by atoms with Crippen molar-refractivity contribution in [2.24, 2.45) is 11.7 Å². The van der Waals surface area contributed by atoms with Gasteiger partial charge in [-0.1, -0.05) is 30.9 Å². The molecule has 0 aromatic rings. The molecule has 0 radical (unpaired) electrons. The summed E-state index contributed by atoms with van der Waals surface area (Å²) in [4.78, 5) is 10.2. The monoisotopic (exact) mass is 179 g/mol. The van der Waals surface area contributed by atoms with Gasteiger partial charge in [0.2, 0.25) is 0 Å². The third-order valence-electron chi connectivity index (χ3n) is 0.897. The molecule has 3 nitrogen and oxygen atoms in total. The summed E-state index contributed by atoms with van der Waals surface area (Å²) in [5.74, 6) is -0.750. The van der Waals surface area contributed by atoms with Gasteiger partial charge in [0.1, 0.15) is 4.32 Å². The number of thioether (sulfide) groups is 1. The highest BCUT2D eigenvalue weighted by molar-refractivity contribution is 8.22. The van der Waals surface area contributed by atoms with Gasteiger partial charge in [0.15, 0.2) is 0 Å². The number of aliphatic carboxylic acids is 1. The van der Waals surface area contributed by atoms with Crippen molar-refractivity contribution in [1.29, 1.82) is 0 Å². The summed E-state index contributed by atoms with van der Waals surface area (Å²) in [6, 6.07) is 0. The second-order valence-corrected chi connectivity index (χ2v) is 3.63. The third kappa shape index (κ3) is 4.58. The quantitative estimate of drug-likeness (QED) is 0.624. The average molecular weight is 179 g/mol. The fourth-order valence-electron chi connectivity index (χ4n) is 0.278. The second-order valence-electron chi connectivity index (χ2n) is 1.87.